The van der Waals surface area contributed by atoms with E-state index in [0.717, 1.165) is 0 Å². The summed E-state index contributed by atoms with van der Waals surface area (Å²) in [6, 6.07) is 44.8. The first-order valence-corrected chi connectivity index (χ1v) is 17.7. The molecule has 0 aliphatic carbocycles. The Bertz CT molecular complexity index is 1820. The van der Waals surface area contributed by atoms with Crippen LogP contribution >= 0.6 is 0 Å². The van der Waals surface area contributed by atoms with Crippen LogP contribution in [0, 0.1) is 0 Å². The van der Waals surface area contributed by atoms with E-state index in [1.807, 2.05) is 146 Å². The minimum atomic E-state index is -6.00. The molecule has 0 amide bonds. The zero-order valence-corrected chi connectivity index (χ0v) is 35.7. The maximum atomic E-state index is 9.75. The van der Waals surface area contributed by atoms with E-state index < -0.39 is 14.5 Å². The van der Waals surface area contributed by atoms with E-state index >= 15 is 0 Å². The third-order valence-electron chi connectivity index (χ3n) is 6.11. The Kier molecular flexibility index (Phi) is 30.6. The van der Waals surface area contributed by atoms with Gasteiger partial charge in [0, 0.05) is 46.5 Å². The smallest absolute Gasteiger partial charge is 0.418 e. The van der Waals surface area contributed by atoms with Crippen molar-refractivity contribution in [2.24, 2.45) is 0 Å². The molecule has 0 fully saturated rings. The van der Waals surface area contributed by atoms with Gasteiger partial charge in [-0.1, -0.05) is 97.1 Å². The topological polar surface area (TPSA) is 160 Å². The van der Waals surface area contributed by atoms with Gasteiger partial charge >= 0.3 is 65.7 Å². The molecule has 0 aliphatic heterocycles. The standard InChI is InChI=1S/4C10H8N3.2BF4.3Cu/c4*1-3-7-11-9(5-1)13-10-6-2-4-8-12-10;2*2-1(3,4)5;;;/h4*1-8H;;;;;/q6*-1;3*+2. The molecule has 8 heterocycles. The van der Waals surface area contributed by atoms with Crippen molar-refractivity contribution in [2.45, 2.75) is 0 Å². The molecule has 8 rings (SSSR count). The third-order valence-corrected chi connectivity index (χ3v) is 6.11. The van der Waals surface area contributed by atoms with Crippen LogP contribution in [-0.4, -0.2) is 54.4 Å². The van der Waals surface area contributed by atoms with Gasteiger partial charge in [0.15, 0.2) is 0 Å². The second kappa shape index (κ2) is 34.0. The number of nitrogens with zero attached hydrogens (tertiary/aromatic N) is 12. The number of rotatable bonds is 8. The van der Waals surface area contributed by atoms with Gasteiger partial charge in [-0.15, -0.1) is 0 Å². The van der Waals surface area contributed by atoms with Gasteiger partial charge in [0.05, 0.1) is 0 Å². The summed E-state index contributed by atoms with van der Waals surface area (Å²) in [4.78, 5) is 32.5. The Hall–Kier alpha value is -6.47. The van der Waals surface area contributed by atoms with Crippen LogP contribution in [0.15, 0.2) is 195 Å². The Morgan fingerprint density at radius 3 is 0.415 bits per heavy atom. The van der Waals surface area contributed by atoms with E-state index in [4.69, 9.17) is 0 Å². The van der Waals surface area contributed by atoms with Crippen LogP contribution < -0.4 is 0 Å². The first kappa shape index (κ1) is 58.5. The summed E-state index contributed by atoms with van der Waals surface area (Å²) in [7, 11) is -12.0. The van der Waals surface area contributed by atoms with Crippen LogP contribution in [0.2, 0.25) is 0 Å². The van der Waals surface area contributed by atoms with Crippen molar-refractivity contribution in [3.05, 3.63) is 216 Å². The minimum Gasteiger partial charge on any atom is -0.418 e. The summed E-state index contributed by atoms with van der Waals surface area (Å²) < 4.78 is 78.0. The quantitative estimate of drug-likeness (QED) is 0.107. The summed E-state index contributed by atoms with van der Waals surface area (Å²) in [5.41, 5.74) is 0. The van der Waals surface area contributed by atoms with Crippen molar-refractivity contribution < 1.29 is 85.7 Å². The van der Waals surface area contributed by atoms with Crippen LogP contribution in [0.1, 0.15) is 0 Å². The largest absolute Gasteiger partial charge is 2.00 e. The van der Waals surface area contributed by atoms with E-state index in [0.29, 0.717) is 46.5 Å². The van der Waals surface area contributed by atoms with E-state index in [-0.39, 0.29) is 51.2 Å². The van der Waals surface area contributed by atoms with Crippen LogP contribution in [0.5, 0.6) is 0 Å². The van der Waals surface area contributed by atoms with E-state index in [9.17, 15) is 34.5 Å². The van der Waals surface area contributed by atoms with Crippen molar-refractivity contribution in [3.63, 3.8) is 0 Å². The van der Waals surface area contributed by atoms with Gasteiger partial charge < -0.3 is 95.7 Å². The Labute approximate surface area is 401 Å². The van der Waals surface area contributed by atoms with Crippen molar-refractivity contribution in [2.75, 3.05) is 0 Å². The van der Waals surface area contributed by atoms with E-state index in [1.165, 1.54) is 0 Å². The normalized spacial score (nSPS) is 9.48. The fourth-order valence-corrected chi connectivity index (χ4v) is 3.83. The summed E-state index contributed by atoms with van der Waals surface area (Å²) in [5, 5.41) is 16.9. The first-order chi connectivity index (χ1) is 29.8. The fraction of sp³-hybridized carbons (Fsp3) is 0. The predicted molar refractivity (Wildman–Crippen MR) is 225 cm³/mol. The molecular formula is C40H32B2Cu3F8N12. The van der Waals surface area contributed by atoms with Crippen molar-refractivity contribution >= 4 is 61.1 Å². The molecule has 0 saturated carbocycles. The second-order valence-electron chi connectivity index (χ2n) is 10.9. The first-order valence-electron chi connectivity index (χ1n) is 17.7. The fourth-order valence-electron chi connectivity index (χ4n) is 3.83. The number of hydrogen-bond donors (Lipinski definition) is 0. The van der Waals surface area contributed by atoms with Gasteiger partial charge in [0.1, 0.15) is 0 Å². The summed E-state index contributed by atoms with van der Waals surface area (Å²) in [6.45, 7) is 0. The maximum absolute atomic E-state index is 9.75. The second-order valence-corrected chi connectivity index (χ2v) is 10.9. The monoisotopic (exact) mass is 1040 g/mol. The number of halogens is 8. The van der Waals surface area contributed by atoms with Gasteiger partial charge in [-0.25, -0.2) is 0 Å². The summed E-state index contributed by atoms with van der Waals surface area (Å²) in [6.07, 6.45) is 13.7. The summed E-state index contributed by atoms with van der Waals surface area (Å²) in [5.74, 6) is 5.45. The maximum Gasteiger partial charge on any atom is 2.00 e. The van der Waals surface area contributed by atoms with Gasteiger partial charge in [-0.3, -0.25) is 0 Å². The molecule has 8 aromatic heterocycles. The zero-order chi connectivity index (χ0) is 44.7. The Morgan fingerprint density at radius 2 is 0.338 bits per heavy atom. The molecule has 347 valence electrons. The van der Waals surface area contributed by atoms with Crippen LogP contribution in [0.3, 0.4) is 0 Å². The van der Waals surface area contributed by atoms with Crippen molar-refractivity contribution in [1.29, 1.82) is 0 Å². The minimum absolute atomic E-state index is 0. The SMILES string of the molecule is F[B-](F)(F)F.F[B-](F)(F)F.[Cu+2].[Cu+2].[Cu+2].c1ccc([N-]c2ccccn2)nc1.c1ccc([N-]c2ccccn2)nc1.c1ccc([N-]c2ccccn2)nc1.c1ccc([N-]c2ccccn2)nc1. The molecule has 0 aliphatic rings. The number of hydrogen-bond acceptors (Lipinski definition) is 8. The Morgan fingerprint density at radius 1 is 0.231 bits per heavy atom. The van der Waals surface area contributed by atoms with E-state index in [1.54, 1.807) is 49.6 Å². The molecule has 0 N–H and O–H groups in total. The van der Waals surface area contributed by atoms with Gasteiger partial charge in [0.25, 0.3) is 0 Å². The molecule has 12 nitrogen and oxygen atoms in total. The average molecular weight is 1050 g/mol. The number of pyridine rings is 8. The molecule has 0 atom stereocenters. The molecule has 0 saturated heterocycles. The average Bonchev–Trinajstić information content (AvgIpc) is 3.26. The molecule has 0 aromatic carbocycles. The van der Waals surface area contributed by atoms with Crippen LogP contribution in [0.4, 0.5) is 81.1 Å². The zero-order valence-electron chi connectivity index (χ0n) is 32.9. The number of aromatic nitrogens is 8. The molecule has 25 heteroatoms. The predicted octanol–water partition coefficient (Wildman–Crippen LogP) is 13.8. The molecule has 0 bridgehead atoms. The molecule has 65 heavy (non-hydrogen) atoms. The van der Waals surface area contributed by atoms with Crippen LogP contribution in [-0.2, 0) is 51.2 Å². The molecule has 8 aromatic rings. The van der Waals surface area contributed by atoms with Gasteiger partial charge in [-0.05, 0) is 98.1 Å². The summed E-state index contributed by atoms with van der Waals surface area (Å²) >= 11 is 0. The molecule has 3 radical (unpaired) electrons. The van der Waals surface area contributed by atoms with Gasteiger partial charge in [0.2, 0.25) is 0 Å². The van der Waals surface area contributed by atoms with Gasteiger partial charge in [-0.2, -0.15) is 0 Å². The third kappa shape index (κ3) is 32.8. The Balaban J connectivity index is 0.000000775. The van der Waals surface area contributed by atoms with Crippen molar-refractivity contribution in [1.82, 2.24) is 39.9 Å². The molecule has 0 unspecified atom stereocenters. The van der Waals surface area contributed by atoms with Crippen LogP contribution in [0.25, 0.3) is 21.3 Å². The molecule has 0 spiro atoms. The van der Waals surface area contributed by atoms with Crippen molar-refractivity contribution in [3.8, 4) is 0 Å². The molecular weight excluding hydrogens is 1010 g/mol. The van der Waals surface area contributed by atoms with E-state index in [2.05, 4.69) is 61.1 Å².